The van der Waals surface area contributed by atoms with Gasteiger partial charge >= 0.3 is 6.18 Å². The number of aromatic nitrogens is 1. The van der Waals surface area contributed by atoms with Gasteiger partial charge in [0.2, 0.25) is 0 Å². The summed E-state index contributed by atoms with van der Waals surface area (Å²) in [4.78, 5) is 13.1. The van der Waals surface area contributed by atoms with Crippen molar-refractivity contribution >= 4 is 15.9 Å². The minimum atomic E-state index is -5.10. The van der Waals surface area contributed by atoms with E-state index in [0.29, 0.717) is 0 Å². The largest absolute Gasteiger partial charge is 0.422 e. The van der Waals surface area contributed by atoms with Crippen LogP contribution in [0.5, 0.6) is 0 Å². The zero-order valence-electron chi connectivity index (χ0n) is 7.54. The molecule has 90 valence electrons. The van der Waals surface area contributed by atoms with E-state index >= 15 is 0 Å². The zero-order valence-corrected chi connectivity index (χ0v) is 9.12. The van der Waals surface area contributed by atoms with Crippen LogP contribution in [0.15, 0.2) is 11.0 Å². The average molecular weight is 306 g/mol. The highest BCUT2D eigenvalue weighted by molar-refractivity contribution is 9.08. The van der Waals surface area contributed by atoms with Crippen molar-refractivity contribution in [1.29, 1.82) is 0 Å². The zero-order chi connectivity index (χ0) is 12.5. The molecule has 2 nitrogen and oxygen atoms in total. The van der Waals surface area contributed by atoms with E-state index in [4.69, 9.17) is 0 Å². The molecule has 0 aliphatic heterocycles. The van der Waals surface area contributed by atoms with Crippen LogP contribution in [0.2, 0.25) is 0 Å². The minimum Gasteiger partial charge on any atom is -0.359 e. The molecule has 1 rings (SSSR count). The second-order valence-electron chi connectivity index (χ2n) is 2.86. The quantitative estimate of drug-likeness (QED) is 0.660. The van der Waals surface area contributed by atoms with Crippen molar-refractivity contribution in [2.24, 2.45) is 0 Å². The molecule has 0 fully saturated rings. The molecule has 0 aliphatic carbocycles. The fraction of sp³-hybridized carbons (Fsp3) is 0.375. The first-order valence-electron chi connectivity index (χ1n) is 3.94. The molecule has 0 saturated carbocycles. The van der Waals surface area contributed by atoms with Crippen molar-refractivity contribution in [2.75, 3.05) is 0 Å². The fourth-order valence-electron chi connectivity index (χ4n) is 1.14. The number of pyridine rings is 1. The van der Waals surface area contributed by atoms with E-state index < -0.39 is 29.3 Å². The molecule has 0 bridgehead atoms. The number of alkyl halides is 6. The Bertz CT molecular complexity index is 439. The molecule has 0 aliphatic rings. The van der Waals surface area contributed by atoms with Gasteiger partial charge < -0.3 is 4.98 Å². The third-order valence-corrected chi connectivity index (χ3v) is 2.44. The average Bonchev–Trinajstić information content (AvgIpc) is 2.14. The maximum Gasteiger partial charge on any atom is 0.422 e. The van der Waals surface area contributed by atoms with E-state index in [1.54, 1.807) is 4.98 Å². The molecule has 8 heteroatoms. The molecule has 0 aromatic carbocycles. The Labute approximate surface area is 94.6 Å². The molecule has 0 unspecified atom stereocenters. The molecular weight excluding hydrogens is 301 g/mol. The predicted molar refractivity (Wildman–Crippen MR) is 49.7 cm³/mol. The maximum absolute atomic E-state index is 12.4. The lowest BCUT2D eigenvalue weighted by Crippen LogP contribution is -2.25. The molecule has 0 saturated heterocycles. The van der Waals surface area contributed by atoms with E-state index in [1.165, 1.54) is 0 Å². The van der Waals surface area contributed by atoms with E-state index in [2.05, 4.69) is 15.9 Å². The van der Waals surface area contributed by atoms with Crippen molar-refractivity contribution < 1.29 is 22.0 Å². The van der Waals surface area contributed by atoms with Crippen molar-refractivity contribution in [1.82, 2.24) is 4.98 Å². The van der Waals surface area contributed by atoms with Gasteiger partial charge in [0.1, 0.15) is 5.56 Å². The molecule has 0 atom stereocenters. The number of hydrogen-bond acceptors (Lipinski definition) is 1. The summed E-state index contributed by atoms with van der Waals surface area (Å²) < 4.78 is 61.8. The van der Waals surface area contributed by atoms with Crippen molar-refractivity contribution in [3.8, 4) is 0 Å². The predicted octanol–water partition coefficient (Wildman–Crippen LogP) is 3.23. The van der Waals surface area contributed by atoms with Crippen LogP contribution in [0.3, 0.4) is 0 Å². The highest BCUT2D eigenvalue weighted by atomic mass is 79.9. The van der Waals surface area contributed by atoms with Crippen LogP contribution in [0, 0.1) is 0 Å². The van der Waals surface area contributed by atoms with Crippen LogP contribution in [-0.4, -0.2) is 4.98 Å². The highest BCUT2D eigenvalue weighted by Crippen LogP contribution is 2.33. The van der Waals surface area contributed by atoms with Gasteiger partial charge in [-0.05, 0) is 0 Å². The SMILES string of the molecule is O=c1c(CBr)c[nH]c(C(F)F)c1C(F)(F)F. The molecule has 1 N–H and O–H groups in total. The summed E-state index contributed by atoms with van der Waals surface area (Å²) >= 11 is 2.80. The Balaban J connectivity index is 3.57. The maximum atomic E-state index is 12.4. The first-order chi connectivity index (χ1) is 7.29. The van der Waals surface area contributed by atoms with E-state index in [-0.39, 0.29) is 10.9 Å². The summed E-state index contributed by atoms with van der Waals surface area (Å²) in [6.45, 7) is 0. The van der Waals surface area contributed by atoms with Gasteiger partial charge in [-0.25, -0.2) is 8.78 Å². The summed E-state index contributed by atoms with van der Waals surface area (Å²) in [5.41, 5.74) is -4.92. The number of halogens is 6. The number of hydrogen-bond donors (Lipinski definition) is 1. The van der Waals surface area contributed by atoms with Gasteiger partial charge in [-0.2, -0.15) is 13.2 Å². The fourth-order valence-corrected chi connectivity index (χ4v) is 1.55. The summed E-state index contributed by atoms with van der Waals surface area (Å²) in [5, 5.41) is -0.144. The van der Waals surface area contributed by atoms with Gasteiger partial charge in [0.15, 0.2) is 5.43 Å². The number of H-pyrrole nitrogens is 1. The van der Waals surface area contributed by atoms with E-state index in [9.17, 15) is 26.7 Å². The molecule has 0 amide bonds. The molecule has 16 heavy (non-hydrogen) atoms. The smallest absolute Gasteiger partial charge is 0.359 e. The van der Waals surface area contributed by atoms with Gasteiger partial charge in [-0.3, -0.25) is 4.79 Å². The number of rotatable bonds is 2. The van der Waals surface area contributed by atoms with Crippen molar-refractivity contribution in [3.63, 3.8) is 0 Å². The molecule has 0 spiro atoms. The second kappa shape index (κ2) is 4.52. The lowest BCUT2D eigenvalue weighted by Gasteiger charge is -2.12. The minimum absolute atomic E-state index is 0.144. The van der Waals surface area contributed by atoms with Crippen LogP contribution in [0.25, 0.3) is 0 Å². The van der Waals surface area contributed by atoms with Gasteiger partial charge in [0.25, 0.3) is 6.43 Å². The summed E-state index contributed by atoms with van der Waals surface area (Å²) in [7, 11) is 0. The van der Waals surface area contributed by atoms with E-state index in [0.717, 1.165) is 6.20 Å². The van der Waals surface area contributed by atoms with Gasteiger partial charge in [-0.1, -0.05) is 15.9 Å². The molecule has 1 aromatic heterocycles. The third kappa shape index (κ3) is 2.42. The first kappa shape index (κ1) is 13.1. The van der Waals surface area contributed by atoms with Crippen LogP contribution < -0.4 is 5.43 Å². The lowest BCUT2D eigenvalue weighted by atomic mass is 10.1. The third-order valence-electron chi connectivity index (χ3n) is 1.84. The van der Waals surface area contributed by atoms with Gasteiger partial charge in [-0.15, -0.1) is 0 Å². The molecule has 1 aromatic rings. The van der Waals surface area contributed by atoms with Gasteiger partial charge in [0.05, 0.1) is 5.69 Å². The molecule has 0 radical (unpaired) electrons. The summed E-state index contributed by atoms with van der Waals surface area (Å²) in [5.74, 6) is 0. The molecular formula is C8H5BrF5NO. The van der Waals surface area contributed by atoms with Crippen molar-refractivity contribution in [3.05, 3.63) is 33.2 Å². The Morgan fingerprint density at radius 1 is 1.38 bits per heavy atom. The summed E-state index contributed by atoms with van der Waals surface area (Å²) in [6.07, 6.45) is -7.64. The standard InChI is InChI=1S/C8H5BrF5NO/c9-1-3-2-15-5(7(10)11)4(6(3)16)8(12,13)14/h2,7H,1H2,(H,15,16). The highest BCUT2D eigenvalue weighted by Gasteiger charge is 2.39. The van der Waals surface area contributed by atoms with Crippen LogP contribution in [0.1, 0.15) is 23.2 Å². The van der Waals surface area contributed by atoms with Crippen LogP contribution in [-0.2, 0) is 11.5 Å². The normalized spacial score (nSPS) is 12.2. The second-order valence-corrected chi connectivity index (χ2v) is 3.42. The van der Waals surface area contributed by atoms with Gasteiger partial charge in [0, 0.05) is 17.1 Å². The molecule has 1 heterocycles. The Kier molecular flexibility index (Phi) is 3.72. The topological polar surface area (TPSA) is 32.9 Å². The lowest BCUT2D eigenvalue weighted by molar-refractivity contribution is -0.140. The Hall–Kier alpha value is -0.920. The monoisotopic (exact) mass is 305 g/mol. The Morgan fingerprint density at radius 3 is 2.31 bits per heavy atom. The number of nitrogens with one attached hydrogen (secondary N) is 1. The van der Waals surface area contributed by atoms with Crippen LogP contribution in [0.4, 0.5) is 22.0 Å². The Morgan fingerprint density at radius 2 is 1.94 bits per heavy atom. The van der Waals surface area contributed by atoms with Crippen molar-refractivity contribution in [2.45, 2.75) is 17.9 Å². The van der Waals surface area contributed by atoms with E-state index in [1.807, 2.05) is 0 Å². The number of aromatic amines is 1. The summed E-state index contributed by atoms with van der Waals surface area (Å²) in [6, 6.07) is 0. The first-order valence-corrected chi connectivity index (χ1v) is 5.07. The van der Waals surface area contributed by atoms with Crippen LogP contribution >= 0.6 is 15.9 Å².